The van der Waals surface area contributed by atoms with Crippen LogP contribution in [-0.4, -0.2) is 27.3 Å². The Morgan fingerprint density at radius 1 is 1.06 bits per heavy atom. The van der Waals surface area contributed by atoms with Crippen molar-refractivity contribution < 1.29 is 22.7 Å². The molecular weight excluding hydrogens is 501 g/mol. The monoisotopic (exact) mass is 519 g/mol. The van der Waals surface area contributed by atoms with Gasteiger partial charge in [-0.3, -0.25) is 9.59 Å². The highest BCUT2D eigenvalue weighted by atomic mass is 35.5. The van der Waals surface area contributed by atoms with E-state index in [0.717, 1.165) is 0 Å². The van der Waals surface area contributed by atoms with Crippen molar-refractivity contribution in [2.45, 2.75) is 22.3 Å². The number of carbonyl (C=O) groups is 2. The smallest absolute Gasteiger partial charge is 0.259 e. The molecule has 1 unspecified atom stereocenters. The van der Waals surface area contributed by atoms with Gasteiger partial charge in [-0.1, -0.05) is 41.4 Å². The summed E-state index contributed by atoms with van der Waals surface area (Å²) in [4.78, 5) is 25.3. The molecule has 11 heteroatoms. The van der Waals surface area contributed by atoms with Gasteiger partial charge in [-0.15, -0.1) is 0 Å². The Kier molecular flexibility index (Phi) is 5.97. The maximum Gasteiger partial charge on any atom is 0.259 e. The summed E-state index contributed by atoms with van der Waals surface area (Å²) in [5.74, 6) is -1.20. The lowest BCUT2D eigenvalue weighted by Gasteiger charge is -2.30. The Bertz CT molecular complexity index is 1460. The van der Waals surface area contributed by atoms with Crippen molar-refractivity contribution >= 4 is 56.2 Å². The first kappa shape index (κ1) is 23.9. The first-order valence-corrected chi connectivity index (χ1v) is 12.1. The van der Waals surface area contributed by atoms with Crippen molar-refractivity contribution in [3.63, 3.8) is 0 Å². The predicted molar refractivity (Wildman–Crippen MR) is 129 cm³/mol. The van der Waals surface area contributed by atoms with Gasteiger partial charge in [-0.25, -0.2) is 8.42 Å². The molecule has 0 bridgehead atoms. The van der Waals surface area contributed by atoms with Crippen molar-refractivity contribution in [3.05, 3.63) is 75.8 Å². The van der Waals surface area contributed by atoms with Gasteiger partial charge in [0.1, 0.15) is 10.6 Å². The number of sulfone groups is 1. The van der Waals surface area contributed by atoms with Crippen molar-refractivity contribution in [3.8, 4) is 5.75 Å². The van der Waals surface area contributed by atoms with E-state index in [1.54, 1.807) is 24.3 Å². The van der Waals surface area contributed by atoms with Gasteiger partial charge in [-0.05, 0) is 30.3 Å². The van der Waals surface area contributed by atoms with E-state index < -0.39 is 27.2 Å². The molecule has 0 radical (unpaired) electrons. The molecular formula is C23H19Cl2N3O5S. The average Bonchev–Trinajstić information content (AvgIpc) is 3.04. The van der Waals surface area contributed by atoms with Gasteiger partial charge in [0, 0.05) is 39.8 Å². The van der Waals surface area contributed by atoms with E-state index in [1.165, 1.54) is 44.4 Å². The molecule has 1 aliphatic rings. The zero-order valence-corrected chi connectivity index (χ0v) is 20.3. The highest BCUT2D eigenvalue weighted by Crippen LogP contribution is 2.48. The summed E-state index contributed by atoms with van der Waals surface area (Å²) >= 11 is 12.8. The largest absolute Gasteiger partial charge is 0.495 e. The standard InChI is InChI=1S/C23H19Cl2N3O5S/c1-12(29)28-23(15-5-3-4-6-17(15)25)16-9-13(24)10-20(21(16)27-22(23)30)34(31,32)19-8-7-14(26)11-18(19)33-2/h3-11H,26H2,1-2H3,(H,27,30)(H,28,29). The minimum Gasteiger partial charge on any atom is -0.495 e. The third-order valence-electron chi connectivity index (χ3n) is 5.46. The van der Waals surface area contributed by atoms with Crippen LogP contribution in [0.25, 0.3) is 0 Å². The summed E-state index contributed by atoms with van der Waals surface area (Å²) in [6.45, 7) is 1.24. The second-order valence-corrected chi connectivity index (χ2v) is 10.3. The molecule has 0 spiro atoms. The quantitative estimate of drug-likeness (QED) is 0.440. The molecule has 1 atom stereocenters. The summed E-state index contributed by atoms with van der Waals surface area (Å²) in [6.07, 6.45) is 0. The van der Waals surface area contributed by atoms with Crippen LogP contribution in [-0.2, 0) is 25.0 Å². The summed E-state index contributed by atoms with van der Waals surface area (Å²) < 4.78 is 32.7. The zero-order chi connectivity index (χ0) is 24.8. The molecule has 34 heavy (non-hydrogen) atoms. The van der Waals surface area contributed by atoms with E-state index in [0.29, 0.717) is 5.69 Å². The van der Waals surface area contributed by atoms with Crippen LogP contribution in [0.15, 0.2) is 64.4 Å². The highest BCUT2D eigenvalue weighted by molar-refractivity contribution is 7.91. The van der Waals surface area contributed by atoms with E-state index in [9.17, 15) is 18.0 Å². The summed E-state index contributed by atoms with van der Waals surface area (Å²) in [6, 6.07) is 13.2. The van der Waals surface area contributed by atoms with E-state index in [-0.39, 0.29) is 42.4 Å². The third kappa shape index (κ3) is 3.66. The number of nitrogens with two attached hydrogens (primary N) is 1. The van der Waals surface area contributed by atoms with Crippen molar-refractivity contribution in [2.24, 2.45) is 0 Å². The number of hydrogen-bond donors (Lipinski definition) is 3. The number of fused-ring (bicyclic) bond motifs is 1. The summed E-state index contributed by atoms with van der Waals surface area (Å²) in [5.41, 5.74) is 4.65. The summed E-state index contributed by atoms with van der Waals surface area (Å²) in [7, 11) is -2.95. The number of nitrogens with one attached hydrogen (secondary N) is 2. The fourth-order valence-electron chi connectivity index (χ4n) is 4.06. The van der Waals surface area contributed by atoms with Crippen LogP contribution in [0.2, 0.25) is 10.0 Å². The summed E-state index contributed by atoms with van der Waals surface area (Å²) in [5, 5.41) is 5.52. The lowest BCUT2D eigenvalue weighted by Crippen LogP contribution is -2.51. The molecule has 0 saturated carbocycles. The van der Waals surface area contributed by atoms with Crippen molar-refractivity contribution in [1.29, 1.82) is 0 Å². The Balaban J connectivity index is 2.05. The Morgan fingerprint density at radius 3 is 2.41 bits per heavy atom. The first-order valence-electron chi connectivity index (χ1n) is 9.90. The second kappa shape index (κ2) is 8.50. The lowest BCUT2D eigenvalue weighted by molar-refractivity contribution is -0.127. The van der Waals surface area contributed by atoms with E-state index in [1.807, 2.05) is 0 Å². The number of halogens is 2. The van der Waals surface area contributed by atoms with Gasteiger partial charge in [0.05, 0.1) is 17.7 Å². The molecule has 2 amide bonds. The molecule has 4 N–H and O–H groups in total. The lowest BCUT2D eigenvalue weighted by atomic mass is 9.83. The minimum absolute atomic E-state index is 0.0253. The van der Waals surface area contributed by atoms with Crippen LogP contribution in [0.4, 0.5) is 11.4 Å². The molecule has 0 aliphatic carbocycles. The highest BCUT2D eigenvalue weighted by Gasteiger charge is 2.52. The van der Waals surface area contributed by atoms with Crippen LogP contribution in [0, 0.1) is 0 Å². The minimum atomic E-state index is -4.27. The van der Waals surface area contributed by atoms with Gasteiger partial charge < -0.3 is 21.1 Å². The number of benzene rings is 3. The first-order chi connectivity index (χ1) is 16.0. The van der Waals surface area contributed by atoms with Crippen LogP contribution in [0.5, 0.6) is 5.75 Å². The van der Waals surface area contributed by atoms with Gasteiger partial charge >= 0.3 is 0 Å². The number of carbonyl (C=O) groups excluding carboxylic acids is 2. The van der Waals surface area contributed by atoms with Crippen molar-refractivity contribution in [1.82, 2.24) is 5.32 Å². The Labute approximate surface area is 205 Å². The zero-order valence-electron chi connectivity index (χ0n) is 18.0. The molecule has 0 fully saturated rings. The molecule has 3 aromatic rings. The molecule has 3 aromatic carbocycles. The topological polar surface area (TPSA) is 128 Å². The molecule has 0 saturated heterocycles. The molecule has 1 aliphatic heterocycles. The third-order valence-corrected chi connectivity index (χ3v) is 7.82. The van der Waals surface area contributed by atoms with Crippen LogP contribution >= 0.6 is 23.2 Å². The number of ether oxygens (including phenoxy) is 1. The number of nitrogen functional groups attached to an aromatic ring is 1. The molecule has 4 rings (SSSR count). The van der Waals surface area contributed by atoms with Crippen LogP contribution < -0.4 is 21.1 Å². The Morgan fingerprint density at radius 2 is 1.76 bits per heavy atom. The molecule has 176 valence electrons. The van der Waals surface area contributed by atoms with E-state index >= 15 is 0 Å². The number of hydrogen-bond acceptors (Lipinski definition) is 6. The number of amides is 2. The average molecular weight is 520 g/mol. The molecule has 1 heterocycles. The SMILES string of the molecule is COc1cc(N)ccc1S(=O)(=O)c1cc(Cl)cc2c1NC(=O)C2(NC(C)=O)c1ccccc1Cl. The molecule has 0 aromatic heterocycles. The normalized spacial score (nSPS) is 17.1. The fourth-order valence-corrected chi connectivity index (χ4v) is 6.22. The number of anilines is 2. The molecule has 8 nitrogen and oxygen atoms in total. The Hall–Kier alpha value is -3.27. The fraction of sp³-hybridized carbons (Fsp3) is 0.130. The van der Waals surface area contributed by atoms with Gasteiger partial charge in [0.25, 0.3) is 5.91 Å². The predicted octanol–water partition coefficient (Wildman–Crippen LogP) is 3.75. The second-order valence-electron chi connectivity index (χ2n) is 7.61. The van der Waals surface area contributed by atoms with Crippen molar-refractivity contribution in [2.75, 3.05) is 18.2 Å². The van der Waals surface area contributed by atoms with Gasteiger partial charge in [0.15, 0.2) is 5.54 Å². The number of rotatable bonds is 5. The van der Waals surface area contributed by atoms with E-state index in [2.05, 4.69) is 10.6 Å². The van der Waals surface area contributed by atoms with Gasteiger partial charge in [0.2, 0.25) is 15.7 Å². The maximum absolute atomic E-state index is 13.7. The van der Waals surface area contributed by atoms with E-state index in [4.69, 9.17) is 33.7 Å². The number of methoxy groups -OCH3 is 1. The maximum atomic E-state index is 13.7. The van der Waals surface area contributed by atoms with Gasteiger partial charge in [-0.2, -0.15) is 0 Å². The van der Waals surface area contributed by atoms with Crippen LogP contribution in [0.3, 0.4) is 0 Å². The van der Waals surface area contributed by atoms with Crippen LogP contribution in [0.1, 0.15) is 18.1 Å².